The fourth-order valence-corrected chi connectivity index (χ4v) is 1.68. The van der Waals surface area contributed by atoms with Crippen LogP contribution in [0.2, 0.25) is 0 Å². The van der Waals surface area contributed by atoms with Gasteiger partial charge in [-0.1, -0.05) is 23.2 Å². The van der Waals surface area contributed by atoms with Crippen molar-refractivity contribution < 1.29 is 9.53 Å². The average Bonchev–Trinajstić information content (AvgIpc) is 2.58. The molecule has 0 aromatic rings. The molecule has 0 amide bonds. The molecule has 10 heavy (non-hydrogen) atoms. The van der Waals surface area contributed by atoms with E-state index in [1.54, 1.807) is 0 Å². The first kappa shape index (κ1) is 6.89. The Morgan fingerprint density at radius 1 is 1.60 bits per heavy atom. The topological polar surface area (TPSA) is 29.6 Å². The SMILES string of the molecule is O=C1[C@H]2O[C@H]2CCC1(Cl)Cl. The van der Waals surface area contributed by atoms with Gasteiger partial charge in [0, 0.05) is 0 Å². The number of carbonyl (C=O) groups is 1. The van der Waals surface area contributed by atoms with Gasteiger partial charge in [0.2, 0.25) is 0 Å². The van der Waals surface area contributed by atoms with Crippen LogP contribution in [0.3, 0.4) is 0 Å². The number of epoxide rings is 1. The quantitative estimate of drug-likeness (QED) is 0.416. The van der Waals surface area contributed by atoms with E-state index in [9.17, 15) is 4.79 Å². The molecule has 2 fully saturated rings. The van der Waals surface area contributed by atoms with Gasteiger partial charge in [0.25, 0.3) is 0 Å². The van der Waals surface area contributed by atoms with E-state index in [1.807, 2.05) is 0 Å². The summed E-state index contributed by atoms with van der Waals surface area (Å²) in [6.45, 7) is 0. The molecule has 2 rings (SSSR count). The molecule has 2 atom stereocenters. The van der Waals surface area contributed by atoms with Gasteiger partial charge in [0.15, 0.2) is 10.1 Å². The summed E-state index contributed by atoms with van der Waals surface area (Å²) in [5.41, 5.74) is 0. The minimum Gasteiger partial charge on any atom is -0.361 e. The van der Waals surface area contributed by atoms with Gasteiger partial charge in [0.05, 0.1) is 6.10 Å². The molecule has 56 valence electrons. The number of hydrogen-bond acceptors (Lipinski definition) is 2. The number of halogens is 2. The van der Waals surface area contributed by atoms with Crippen molar-refractivity contribution in [2.24, 2.45) is 0 Å². The van der Waals surface area contributed by atoms with Crippen LogP contribution in [-0.2, 0) is 9.53 Å². The van der Waals surface area contributed by atoms with Crippen LogP contribution in [0.5, 0.6) is 0 Å². The minimum absolute atomic E-state index is 0.123. The monoisotopic (exact) mass is 180 g/mol. The number of rotatable bonds is 0. The van der Waals surface area contributed by atoms with E-state index < -0.39 is 4.33 Å². The summed E-state index contributed by atoms with van der Waals surface area (Å²) in [4.78, 5) is 11.1. The molecule has 0 spiro atoms. The zero-order chi connectivity index (χ0) is 7.35. The average molecular weight is 181 g/mol. The summed E-state index contributed by atoms with van der Waals surface area (Å²) in [5.74, 6) is -0.160. The van der Waals surface area contributed by atoms with Gasteiger partial charge in [-0.2, -0.15) is 0 Å². The van der Waals surface area contributed by atoms with E-state index >= 15 is 0 Å². The second kappa shape index (κ2) is 1.87. The lowest BCUT2D eigenvalue weighted by atomic mass is 9.98. The second-order valence-corrected chi connectivity index (χ2v) is 4.19. The summed E-state index contributed by atoms with van der Waals surface area (Å²) in [6, 6.07) is 0. The molecule has 1 aliphatic heterocycles. The Kier molecular flexibility index (Phi) is 1.29. The van der Waals surface area contributed by atoms with E-state index in [-0.39, 0.29) is 18.0 Å². The predicted octanol–water partition coefficient (Wildman–Crippen LogP) is 1.29. The molecule has 0 N–H and O–H groups in total. The van der Waals surface area contributed by atoms with E-state index in [1.165, 1.54) is 0 Å². The van der Waals surface area contributed by atoms with Gasteiger partial charge in [-0.3, -0.25) is 4.79 Å². The van der Waals surface area contributed by atoms with Gasteiger partial charge in [0.1, 0.15) is 6.10 Å². The van der Waals surface area contributed by atoms with Crippen LogP contribution in [0.1, 0.15) is 12.8 Å². The Bertz CT molecular complexity index is 190. The molecule has 1 heterocycles. The molecule has 0 unspecified atom stereocenters. The van der Waals surface area contributed by atoms with Crippen LogP contribution in [-0.4, -0.2) is 22.3 Å². The molecule has 1 saturated heterocycles. The predicted molar refractivity (Wildman–Crippen MR) is 37.3 cm³/mol. The first-order chi connectivity index (χ1) is 4.61. The maximum atomic E-state index is 11.1. The van der Waals surface area contributed by atoms with Gasteiger partial charge >= 0.3 is 0 Å². The molecule has 1 saturated carbocycles. The van der Waals surface area contributed by atoms with Crippen molar-refractivity contribution in [2.45, 2.75) is 29.4 Å². The van der Waals surface area contributed by atoms with Crippen LogP contribution >= 0.6 is 23.2 Å². The Morgan fingerprint density at radius 3 is 2.90 bits per heavy atom. The molecule has 2 nitrogen and oxygen atoms in total. The van der Waals surface area contributed by atoms with Crippen LogP contribution in [0.4, 0.5) is 0 Å². The fraction of sp³-hybridized carbons (Fsp3) is 0.833. The molecule has 0 radical (unpaired) electrons. The van der Waals surface area contributed by atoms with E-state index in [2.05, 4.69) is 0 Å². The van der Waals surface area contributed by atoms with Gasteiger partial charge in [-0.25, -0.2) is 0 Å². The summed E-state index contributed by atoms with van der Waals surface area (Å²) >= 11 is 11.4. The van der Waals surface area contributed by atoms with Crippen molar-refractivity contribution in [1.82, 2.24) is 0 Å². The van der Waals surface area contributed by atoms with Crippen molar-refractivity contribution in [3.63, 3.8) is 0 Å². The smallest absolute Gasteiger partial charge is 0.200 e. The molecular weight excluding hydrogens is 175 g/mol. The second-order valence-electron chi connectivity index (χ2n) is 2.70. The van der Waals surface area contributed by atoms with E-state index in [0.29, 0.717) is 6.42 Å². The minimum atomic E-state index is -1.17. The highest BCUT2D eigenvalue weighted by molar-refractivity contribution is 6.59. The van der Waals surface area contributed by atoms with Crippen LogP contribution in [0, 0.1) is 0 Å². The lowest BCUT2D eigenvalue weighted by Crippen LogP contribution is -2.35. The highest BCUT2D eigenvalue weighted by Crippen LogP contribution is 2.44. The third-order valence-corrected chi connectivity index (χ3v) is 2.69. The lowest BCUT2D eigenvalue weighted by Gasteiger charge is -2.19. The number of carbonyl (C=O) groups excluding carboxylic acids is 1. The number of ketones is 1. The van der Waals surface area contributed by atoms with E-state index in [4.69, 9.17) is 27.9 Å². The molecule has 2 aliphatic rings. The summed E-state index contributed by atoms with van der Waals surface area (Å²) < 4.78 is 3.84. The third-order valence-electron chi connectivity index (χ3n) is 1.94. The highest BCUT2D eigenvalue weighted by atomic mass is 35.5. The standard InChI is InChI=1S/C6H6Cl2O2/c7-6(8)2-1-3-4(10-3)5(6)9/h3-4H,1-2H2/t3-,4-/m0/s1. The Balaban J connectivity index is 2.19. The van der Waals surface area contributed by atoms with Crippen molar-refractivity contribution in [2.75, 3.05) is 0 Å². The highest BCUT2D eigenvalue weighted by Gasteiger charge is 2.56. The molecule has 1 aliphatic carbocycles. The molecule has 0 aromatic heterocycles. The van der Waals surface area contributed by atoms with Gasteiger partial charge < -0.3 is 4.74 Å². The lowest BCUT2D eigenvalue weighted by molar-refractivity contribution is -0.121. The first-order valence-electron chi connectivity index (χ1n) is 3.19. The Morgan fingerprint density at radius 2 is 2.30 bits per heavy atom. The Labute approximate surface area is 68.4 Å². The molecule has 4 heteroatoms. The van der Waals surface area contributed by atoms with Crippen molar-refractivity contribution in [3.8, 4) is 0 Å². The fourth-order valence-electron chi connectivity index (χ4n) is 1.25. The molecule has 0 bridgehead atoms. The van der Waals surface area contributed by atoms with Gasteiger partial charge in [-0.15, -0.1) is 0 Å². The summed E-state index contributed by atoms with van der Waals surface area (Å²) in [6.07, 6.45) is 1.17. The summed E-state index contributed by atoms with van der Waals surface area (Å²) in [7, 11) is 0. The number of ether oxygens (including phenoxy) is 1. The number of alkyl halides is 2. The first-order valence-corrected chi connectivity index (χ1v) is 3.94. The van der Waals surface area contributed by atoms with Crippen molar-refractivity contribution >= 4 is 29.0 Å². The maximum Gasteiger partial charge on any atom is 0.200 e. The van der Waals surface area contributed by atoms with Gasteiger partial charge in [-0.05, 0) is 12.8 Å². The Hall–Kier alpha value is 0.210. The zero-order valence-electron chi connectivity index (χ0n) is 5.14. The molecular formula is C6H6Cl2O2. The zero-order valence-corrected chi connectivity index (χ0v) is 6.65. The molecule has 0 aromatic carbocycles. The number of Topliss-reactive ketones (excluding diaryl/α,β-unsaturated/α-hetero) is 1. The van der Waals surface area contributed by atoms with Crippen LogP contribution < -0.4 is 0 Å². The largest absolute Gasteiger partial charge is 0.361 e. The normalized spacial score (nSPS) is 42.8. The number of fused-ring (bicyclic) bond motifs is 1. The van der Waals surface area contributed by atoms with Crippen LogP contribution in [0.25, 0.3) is 0 Å². The van der Waals surface area contributed by atoms with Crippen LogP contribution in [0.15, 0.2) is 0 Å². The third kappa shape index (κ3) is 0.865. The van der Waals surface area contributed by atoms with Crippen molar-refractivity contribution in [1.29, 1.82) is 0 Å². The maximum absolute atomic E-state index is 11.1. The summed E-state index contributed by atoms with van der Waals surface area (Å²) in [5, 5.41) is 0. The number of hydrogen-bond donors (Lipinski definition) is 0. The van der Waals surface area contributed by atoms with E-state index in [0.717, 1.165) is 6.42 Å². The van der Waals surface area contributed by atoms with Crippen molar-refractivity contribution in [3.05, 3.63) is 0 Å².